The summed E-state index contributed by atoms with van der Waals surface area (Å²) >= 11 is 0. The van der Waals surface area contributed by atoms with Crippen molar-refractivity contribution in [1.82, 2.24) is 9.80 Å². The van der Waals surface area contributed by atoms with Crippen molar-refractivity contribution in [3.8, 4) is 0 Å². The van der Waals surface area contributed by atoms with E-state index in [9.17, 15) is 4.79 Å². The Hall–Kier alpha value is -2.04. The minimum atomic E-state index is -0.464. The van der Waals surface area contributed by atoms with Crippen molar-refractivity contribution >= 4 is 11.8 Å². The predicted octanol–water partition coefficient (Wildman–Crippen LogP) is 11.8. The SMILES string of the molecule is CCCC1CCCC1.CCCCCC.C\C=C(C(/C(C)=N/C=C/CC)=C(/C)N1CCN(C(=O)OC(C)(C)C)CC1)\C(C)CC. The molecule has 5 heteroatoms. The van der Waals surface area contributed by atoms with E-state index in [1.807, 2.05) is 31.9 Å². The van der Waals surface area contributed by atoms with Crippen molar-refractivity contribution in [2.45, 2.75) is 166 Å². The molecule has 1 amide bonds. The third-order valence-electron chi connectivity index (χ3n) is 8.61. The van der Waals surface area contributed by atoms with Crippen molar-refractivity contribution in [1.29, 1.82) is 0 Å². The molecular weight excluding hydrogens is 542 g/mol. The largest absolute Gasteiger partial charge is 0.444 e. The molecule has 1 aliphatic heterocycles. The Kier molecular flexibility index (Phi) is 23.1. The fourth-order valence-corrected chi connectivity index (χ4v) is 5.83. The summed E-state index contributed by atoms with van der Waals surface area (Å²) in [4.78, 5) is 21.3. The first-order valence-corrected chi connectivity index (χ1v) is 18.2. The second kappa shape index (κ2) is 24.2. The van der Waals surface area contributed by atoms with Crippen LogP contribution in [0.5, 0.6) is 0 Å². The smallest absolute Gasteiger partial charge is 0.410 e. The van der Waals surface area contributed by atoms with Crippen LogP contribution in [0.15, 0.2) is 40.2 Å². The van der Waals surface area contributed by atoms with Gasteiger partial charge in [-0.15, -0.1) is 0 Å². The number of hydrogen-bond acceptors (Lipinski definition) is 4. The number of unbranched alkanes of at least 4 members (excludes halogenated alkanes) is 3. The Morgan fingerprint density at radius 1 is 0.909 bits per heavy atom. The first kappa shape index (κ1) is 42.0. The lowest BCUT2D eigenvalue weighted by atomic mass is 9.87. The summed E-state index contributed by atoms with van der Waals surface area (Å²) in [6.07, 6.45) is 22.5. The zero-order valence-corrected chi connectivity index (χ0v) is 31.4. The van der Waals surface area contributed by atoms with Gasteiger partial charge < -0.3 is 14.5 Å². The lowest BCUT2D eigenvalue weighted by Crippen LogP contribution is -2.49. The maximum absolute atomic E-state index is 12.4. The number of nitrogens with zero attached hydrogens (tertiary/aromatic N) is 3. The molecule has 2 fully saturated rings. The van der Waals surface area contributed by atoms with Crippen molar-refractivity contribution in [3.63, 3.8) is 0 Å². The molecule has 1 saturated carbocycles. The number of rotatable bonds is 12. The van der Waals surface area contributed by atoms with Crippen molar-refractivity contribution in [2.24, 2.45) is 16.8 Å². The summed E-state index contributed by atoms with van der Waals surface area (Å²) in [5.74, 6) is 1.57. The fraction of sp³-hybridized carbons (Fsp3) is 0.795. The second-order valence-electron chi connectivity index (χ2n) is 13.6. The van der Waals surface area contributed by atoms with Crippen LogP contribution in [0.1, 0.15) is 160 Å². The summed E-state index contributed by atoms with van der Waals surface area (Å²) in [6.45, 7) is 28.4. The molecule has 1 atom stereocenters. The van der Waals surface area contributed by atoms with E-state index in [0.717, 1.165) is 37.6 Å². The van der Waals surface area contributed by atoms with E-state index in [1.165, 1.54) is 81.1 Å². The van der Waals surface area contributed by atoms with E-state index in [1.54, 1.807) is 0 Å². The van der Waals surface area contributed by atoms with E-state index in [-0.39, 0.29) is 6.09 Å². The first-order chi connectivity index (χ1) is 20.9. The Balaban J connectivity index is 0.00000107. The Labute approximate surface area is 274 Å². The van der Waals surface area contributed by atoms with Crippen LogP contribution in [0.25, 0.3) is 0 Å². The van der Waals surface area contributed by atoms with E-state index >= 15 is 0 Å². The van der Waals surface area contributed by atoms with Crippen LogP contribution >= 0.6 is 0 Å². The molecule has 0 spiro atoms. The topological polar surface area (TPSA) is 45.1 Å². The predicted molar refractivity (Wildman–Crippen MR) is 195 cm³/mol. The summed E-state index contributed by atoms with van der Waals surface area (Å²) in [5.41, 5.74) is 4.39. The zero-order chi connectivity index (χ0) is 33.5. The number of carbonyl (C=O) groups excluding carboxylic acids is 1. The highest BCUT2D eigenvalue weighted by Crippen LogP contribution is 2.29. The average Bonchev–Trinajstić information content (AvgIpc) is 3.51. The van der Waals surface area contributed by atoms with Crippen LogP contribution in [0.3, 0.4) is 0 Å². The molecule has 0 radical (unpaired) electrons. The van der Waals surface area contributed by atoms with Crippen LogP contribution in [-0.2, 0) is 4.74 Å². The maximum atomic E-state index is 12.4. The lowest BCUT2D eigenvalue weighted by Gasteiger charge is -2.38. The highest BCUT2D eigenvalue weighted by molar-refractivity contribution is 6.03. The summed E-state index contributed by atoms with van der Waals surface area (Å²) < 4.78 is 5.54. The standard InChI is InChI=1S/C25H43N3O2.C8H16.C6H14/c1-10-13-14-26-20(5)23(22(12-3)19(4)11-2)21(6)27-15-17-28(18-16-27)24(29)30-25(7,8)9;1-2-5-8-6-3-4-7-8;1-3-5-6-4-2/h12-14,19H,10-11,15-18H2,1-9H3;8H,2-7H2,1H3;3-6H2,1-2H3/b14-13+,22-12-,23-21-,26-20+;;. The minimum Gasteiger partial charge on any atom is -0.444 e. The maximum Gasteiger partial charge on any atom is 0.410 e. The van der Waals surface area contributed by atoms with Gasteiger partial charge in [-0.3, -0.25) is 4.99 Å². The zero-order valence-electron chi connectivity index (χ0n) is 31.4. The summed E-state index contributed by atoms with van der Waals surface area (Å²) in [7, 11) is 0. The number of hydrogen-bond donors (Lipinski definition) is 0. The molecule has 2 rings (SSSR count). The Morgan fingerprint density at radius 3 is 1.89 bits per heavy atom. The molecule has 1 saturated heterocycles. The van der Waals surface area contributed by atoms with Crippen LogP contribution in [0, 0.1) is 11.8 Å². The number of carbonyl (C=O) groups is 1. The second-order valence-corrected chi connectivity index (χ2v) is 13.6. The minimum absolute atomic E-state index is 0.222. The number of amides is 1. The molecule has 1 unspecified atom stereocenters. The third kappa shape index (κ3) is 17.4. The average molecular weight is 616 g/mol. The van der Waals surface area contributed by atoms with E-state index in [0.29, 0.717) is 19.0 Å². The molecule has 1 aliphatic carbocycles. The van der Waals surface area contributed by atoms with Gasteiger partial charge in [-0.1, -0.05) is 118 Å². The lowest BCUT2D eigenvalue weighted by molar-refractivity contribution is 0.0168. The Morgan fingerprint density at radius 2 is 1.45 bits per heavy atom. The monoisotopic (exact) mass is 616 g/mol. The van der Waals surface area contributed by atoms with Crippen LogP contribution in [0.2, 0.25) is 0 Å². The van der Waals surface area contributed by atoms with Gasteiger partial charge in [0.1, 0.15) is 5.60 Å². The Bertz CT molecular complexity index is 876. The van der Waals surface area contributed by atoms with Gasteiger partial charge in [0.05, 0.1) is 0 Å². The summed E-state index contributed by atoms with van der Waals surface area (Å²) in [6, 6.07) is 0. The van der Waals surface area contributed by atoms with E-state index in [4.69, 9.17) is 9.73 Å². The van der Waals surface area contributed by atoms with Gasteiger partial charge in [-0.2, -0.15) is 0 Å². The molecule has 0 bridgehead atoms. The molecule has 0 aromatic rings. The molecule has 256 valence electrons. The molecule has 2 aliphatic rings. The third-order valence-corrected chi connectivity index (χ3v) is 8.61. The molecule has 5 nitrogen and oxygen atoms in total. The highest BCUT2D eigenvalue weighted by atomic mass is 16.6. The summed E-state index contributed by atoms with van der Waals surface area (Å²) in [5, 5.41) is 0. The molecular formula is C39H73N3O2. The quantitative estimate of drug-likeness (QED) is 0.125. The molecule has 0 aromatic heterocycles. The molecule has 1 heterocycles. The van der Waals surface area contributed by atoms with Gasteiger partial charge in [-0.05, 0) is 71.8 Å². The molecule has 0 aromatic carbocycles. The van der Waals surface area contributed by atoms with Crippen molar-refractivity contribution < 1.29 is 9.53 Å². The highest BCUT2D eigenvalue weighted by Gasteiger charge is 2.27. The fourth-order valence-electron chi connectivity index (χ4n) is 5.83. The number of aliphatic imine (C=N–C) groups is 1. The van der Waals surface area contributed by atoms with Crippen molar-refractivity contribution in [2.75, 3.05) is 26.2 Å². The number of allylic oxidation sites excluding steroid dienone is 5. The van der Waals surface area contributed by atoms with Crippen LogP contribution in [-0.4, -0.2) is 53.4 Å². The van der Waals surface area contributed by atoms with Crippen LogP contribution in [0.4, 0.5) is 4.79 Å². The van der Waals surface area contributed by atoms with Crippen LogP contribution < -0.4 is 0 Å². The van der Waals surface area contributed by atoms with Gasteiger partial charge in [0, 0.05) is 49.4 Å². The normalized spacial score (nSPS) is 17.9. The van der Waals surface area contributed by atoms with Gasteiger partial charge >= 0.3 is 6.09 Å². The number of piperazine rings is 1. The first-order valence-electron chi connectivity index (χ1n) is 18.2. The van der Waals surface area contributed by atoms with E-state index in [2.05, 4.69) is 79.4 Å². The molecule has 0 N–H and O–H groups in total. The van der Waals surface area contributed by atoms with Crippen molar-refractivity contribution in [3.05, 3.63) is 35.2 Å². The number of ether oxygens (including phenoxy) is 1. The van der Waals surface area contributed by atoms with Gasteiger partial charge in [0.2, 0.25) is 0 Å². The van der Waals surface area contributed by atoms with Gasteiger partial charge in [0.15, 0.2) is 0 Å². The van der Waals surface area contributed by atoms with Gasteiger partial charge in [-0.25, -0.2) is 4.79 Å². The van der Waals surface area contributed by atoms with Gasteiger partial charge in [0.25, 0.3) is 0 Å². The molecule has 44 heavy (non-hydrogen) atoms. The van der Waals surface area contributed by atoms with E-state index < -0.39 is 5.60 Å².